The van der Waals surface area contributed by atoms with Crippen molar-refractivity contribution >= 4 is 11.7 Å². The van der Waals surface area contributed by atoms with Crippen molar-refractivity contribution in [2.75, 3.05) is 31.1 Å². The van der Waals surface area contributed by atoms with Gasteiger partial charge in [-0.3, -0.25) is 19.3 Å². The lowest BCUT2D eigenvalue weighted by Gasteiger charge is -2.42. The molecule has 2 aliphatic heterocycles. The van der Waals surface area contributed by atoms with Crippen molar-refractivity contribution < 1.29 is 4.79 Å². The zero-order valence-corrected chi connectivity index (χ0v) is 16.7. The molecular formula is C22H31N5O. The minimum absolute atomic E-state index is 0.00948. The Balaban J connectivity index is 1.39. The Hall–Kier alpha value is -2.18. The number of nitrogens with zero attached hydrogens (tertiary/aromatic N) is 4. The maximum atomic E-state index is 13.1. The van der Waals surface area contributed by atoms with E-state index in [0.717, 1.165) is 51.1 Å². The second-order valence-electron chi connectivity index (χ2n) is 8.12. The van der Waals surface area contributed by atoms with E-state index in [1.165, 1.54) is 5.56 Å². The van der Waals surface area contributed by atoms with Crippen LogP contribution in [0, 0.1) is 5.92 Å². The molecule has 2 N–H and O–H groups in total. The molecule has 2 aromatic rings. The van der Waals surface area contributed by atoms with Gasteiger partial charge in [-0.25, -0.2) is 0 Å². The lowest BCUT2D eigenvalue weighted by Crippen LogP contribution is -2.54. The van der Waals surface area contributed by atoms with Gasteiger partial charge in [-0.05, 0) is 62.7 Å². The minimum atomic E-state index is -0.00948. The zero-order chi connectivity index (χ0) is 19.5. The van der Waals surface area contributed by atoms with E-state index in [1.807, 2.05) is 24.2 Å². The molecule has 6 nitrogen and oxygen atoms in total. The average molecular weight is 382 g/mol. The van der Waals surface area contributed by atoms with Crippen molar-refractivity contribution in [3.63, 3.8) is 0 Å². The van der Waals surface area contributed by atoms with E-state index in [0.29, 0.717) is 18.4 Å². The van der Waals surface area contributed by atoms with Crippen LogP contribution in [0.15, 0.2) is 42.6 Å². The van der Waals surface area contributed by atoms with Crippen molar-refractivity contribution in [2.45, 2.75) is 37.6 Å². The molecule has 0 aliphatic carbocycles. The van der Waals surface area contributed by atoms with Gasteiger partial charge in [0, 0.05) is 25.9 Å². The van der Waals surface area contributed by atoms with Gasteiger partial charge in [0.05, 0.1) is 6.04 Å². The second kappa shape index (κ2) is 8.45. The van der Waals surface area contributed by atoms with Crippen LogP contribution >= 0.6 is 0 Å². The number of likely N-dealkylation sites (tertiary alicyclic amines) is 1. The average Bonchev–Trinajstić information content (AvgIpc) is 3.16. The zero-order valence-electron chi connectivity index (χ0n) is 16.7. The fraction of sp³-hybridized carbons (Fsp3) is 0.545. The molecule has 6 heteroatoms. The summed E-state index contributed by atoms with van der Waals surface area (Å²) in [7, 11) is 1.89. The number of nitrogens with two attached hydrogens (primary N) is 1. The third kappa shape index (κ3) is 3.84. The Kier molecular flexibility index (Phi) is 5.78. The van der Waals surface area contributed by atoms with Crippen molar-refractivity contribution in [3.8, 4) is 0 Å². The Bertz CT molecular complexity index is 781. The van der Waals surface area contributed by atoms with Gasteiger partial charge in [0.2, 0.25) is 5.91 Å². The summed E-state index contributed by atoms with van der Waals surface area (Å²) in [5.41, 5.74) is 7.48. The Morgan fingerprint density at radius 2 is 1.86 bits per heavy atom. The molecule has 0 spiro atoms. The summed E-state index contributed by atoms with van der Waals surface area (Å²) in [5.74, 6) is 1.99. The molecule has 3 heterocycles. The lowest BCUT2D eigenvalue weighted by molar-refractivity contribution is -0.126. The van der Waals surface area contributed by atoms with Gasteiger partial charge in [-0.1, -0.05) is 30.3 Å². The first-order valence-corrected chi connectivity index (χ1v) is 10.5. The number of piperidine rings is 2. The predicted octanol–water partition coefficient (Wildman–Crippen LogP) is 2.37. The van der Waals surface area contributed by atoms with Crippen LogP contribution in [0.3, 0.4) is 0 Å². The maximum Gasteiger partial charge on any atom is 0.245 e. The van der Waals surface area contributed by atoms with E-state index in [4.69, 9.17) is 5.73 Å². The summed E-state index contributed by atoms with van der Waals surface area (Å²) in [6, 6.07) is 12.6. The summed E-state index contributed by atoms with van der Waals surface area (Å²) < 4.78 is 1.76. The summed E-state index contributed by atoms with van der Waals surface area (Å²) in [4.78, 5) is 17.4. The molecule has 1 aromatic carbocycles. The predicted molar refractivity (Wildman–Crippen MR) is 111 cm³/mol. The van der Waals surface area contributed by atoms with Crippen LogP contribution in [0.4, 0.5) is 5.82 Å². The molecule has 2 aliphatic rings. The smallest absolute Gasteiger partial charge is 0.245 e. The van der Waals surface area contributed by atoms with Crippen LogP contribution in [-0.2, 0) is 11.8 Å². The van der Waals surface area contributed by atoms with Gasteiger partial charge < -0.3 is 5.73 Å². The molecule has 4 rings (SSSR count). The van der Waals surface area contributed by atoms with Gasteiger partial charge in [0.15, 0.2) is 5.82 Å². The Labute approximate surface area is 167 Å². The molecule has 2 atom stereocenters. The number of anilines is 1. The van der Waals surface area contributed by atoms with Gasteiger partial charge in [0.25, 0.3) is 0 Å². The van der Waals surface area contributed by atoms with E-state index in [2.05, 4.69) is 40.3 Å². The Morgan fingerprint density at radius 1 is 1.11 bits per heavy atom. The van der Waals surface area contributed by atoms with Crippen LogP contribution in [0.25, 0.3) is 0 Å². The molecule has 1 amide bonds. The molecule has 0 bridgehead atoms. The van der Waals surface area contributed by atoms with Crippen LogP contribution in [0.1, 0.15) is 37.2 Å². The quantitative estimate of drug-likeness (QED) is 0.863. The number of amides is 1. The normalized spacial score (nSPS) is 23.1. The number of aryl methyl sites for hydroxylation is 1. The maximum absolute atomic E-state index is 13.1. The van der Waals surface area contributed by atoms with Gasteiger partial charge in [-0.15, -0.1) is 0 Å². The van der Waals surface area contributed by atoms with E-state index in [1.54, 1.807) is 4.68 Å². The topological polar surface area (TPSA) is 67.4 Å². The SMILES string of the molecule is Cn1ccc(N2CCCC(N3CCC(C(CN)c4ccccc4)CC3)C2=O)n1. The number of carbonyl (C=O) groups is 1. The van der Waals surface area contributed by atoms with Crippen LogP contribution in [-0.4, -0.2) is 52.8 Å². The standard InChI is InChI=1S/C22H31N5O/c1-25-13-11-21(24-25)27-12-5-8-20(22(27)28)26-14-9-18(10-15-26)19(16-23)17-6-3-2-4-7-17/h2-4,6-7,11,13,18-20H,5,8-10,12,14-16,23H2,1H3. The number of carbonyl (C=O) groups excluding carboxylic acids is 1. The number of hydrogen-bond acceptors (Lipinski definition) is 4. The highest BCUT2D eigenvalue weighted by atomic mass is 16.2. The molecule has 1 aromatic heterocycles. The minimum Gasteiger partial charge on any atom is -0.330 e. The third-order valence-electron chi connectivity index (χ3n) is 6.45. The highest BCUT2D eigenvalue weighted by molar-refractivity contribution is 5.97. The first-order valence-electron chi connectivity index (χ1n) is 10.5. The van der Waals surface area contributed by atoms with Gasteiger partial charge in [0.1, 0.15) is 0 Å². The van der Waals surface area contributed by atoms with Crippen LogP contribution in [0.5, 0.6) is 0 Å². The fourth-order valence-corrected chi connectivity index (χ4v) is 4.90. The molecule has 2 fully saturated rings. The molecule has 0 saturated carbocycles. The summed E-state index contributed by atoms with van der Waals surface area (Å²) in [6.07, 6.45) is 6.08. The van der Waals surface area contributed by atoms with Crippen molar-refractivity contribution in [1.82, 2.24) is 14.7 Å². The number of hydrogen-bond donors (Lipinski definition) is 1. The largest absolute Gasteiger partial charge is 0.330 e. The lowest BCUT2D eigenvalue weighted by atomic mass is 9.79. The van der Waals surface area contributed by atoms with E-state index in [-0.39, 0.29) is 11.9 Å². The van der Waals surface area contributed by atoms with Crippen molar-refractivity contribution in [2.24, 2.45) is 18.7 Å². The van der Waals surface area contributed by atoms with E-state index in [9.17, 15) is 4.79 Å². The molecule has 28 heavy (non-hydrogen) atoms. The van der Waals surface area contributed by atoms with E-state index >= 15 is 0 Å². The van der Waals surface area contributed by atoms with Crippen LogP contribution in [0.2, 0.25) is 0 Å². The highest BCUT2D eigenvalue weighted by Crippen LogP contribution is 2.34. The fourth-order valence-electron chi connectivity index (χ4n) is 4.90. The summed E-state index contributed by atoms with van der Waals surface area (Å²) in [6.45, 7) is 3.40. The third-order valence-corrected chi connectivity index (χ3v) is 6.45. The number of aromatic nitrogens is 2. The summed E-state index contributed by atoms with van der Waals surface area (Å²) >= 11 is 0. The first-order chi connectivity index (χ1) is 13.7. The second-order valence-corrected chi connectivity index (χ2v) is 8.12. The number of rotatable bonds is 5. The van der Waals surface area contributed by atoms with Crippen LogP contribution < -0.4 is 10.6 Å². The molecular weight excluding hydrogens is 350 g/mol. The molecule has 2 unspecified atom stereocenters. The monoisotopic (exact) mass is 381 g/mol. The van der Waals surface area contributed by atoms with E-state index < -0.39 is 0 Å². The number of benzene rings is 1. The highest BCUT2D eigenvalue weighted by Gasteiger charge is 2.37. The van der Waals surface area contributed by atoms with Gasteiger partial charge in [-0.2, -0.15) is 5.10 Å². The molecule has 2 saturated heterocycles. The molecule has 150 valence electrons. The van der Waals surface area contributed by atoms with Crippen molar-refractivity contribution in [3.05, 3.63) is 48.2 Å². The van der Waals surface area contributed by atoms with Gasteiger partial charge >= 0.3 is 0 Å². The first kappa shape index (κ1) is 19.2. The van der Waals surface area contributed by atoms with Crippen molar-refractivity contribution in [1.29, 1.82) is 0 Å². The Morgan fingerprint density at radius 3 is 2.50 bits per heavy atom. The summed E-state index contributed by atoms with van der Waals surface area (Å²) in [5, 5.41) is 4.43. The molecule has 0 radical (unpaired) electrons.